The van der Waals surface area contributed by atoms with Gasteiger partial charge in [0.1, 0.15) is 129 Å². The van der Waals surface area contributed by atoms with Crippen LogP contribution in [0.2, 0.25) is 0 Å². The SMILES string of the molecule is C=C(C)C(=C)CCC(O)COC(=O)c1cc(-c2ccc(C(=O)OCC(O)COC(=O)C(=C)C)c(C(=O)OCCOC(=O)C(=C)C)c2)ccc1C(=O)OCCOC(=O)C(=C)C.C=C(C)C(=O)OCC(O)COc1ccc(-c2ccc(OCC(O)COC(=O)C(=C)C)cc2)cc1.C=C(C)C(=O)OCCOC(=O)c1ccc(-c2ccc(C(=O)OCC)c(C(=O)OCCOC(=O)C(=C)C)c2)cc1C(=O)OCC. The van der Waals surface area contributed by atoms with E-state index >= 15 is 0 Å². The van der Waals surface area contributed by atoms with Gasteiger partial charge in [0, 0.05) is 39.0 Å². The van der Waals surface area contributed by atoms with Crippen LogP contribution in [-0.4, -0.2) is 247 Å². The van der Waals surface area contributed by atoms with Gasteiger partial charge in [-0.1, -0.05) is 119 Å². The molecule has 6 rings (SSSR count). The zero-order chi connectivity index (χ0) is 103. The lowest BCUT2D eigenvalue weighted by Crippen LogP contribution is -2.26. The van der Waals surface area contributed by atoms with Crippen LogP contribution in [0.4, 0.5) is 0 Å². The zero-order valence-electron chi connectivity index (χ0n) is 78.5. The average molecular weight is 1920 g/mol. The first kappa shape index (κ1) is 115. The van der Waals surface area contributed by atoms with Gasteiger partial charge >= 0.3 is 89.5 Å². The summed E-state index contributed by atoms with van der Waals surface area (Å²) in [6.45, 7) is 42.9. The Balaban J connectivity index is 0.000000450. The van der Waals surface area contributed by atoms with Gasteiger partial charge in [0.2, 0.25) is 0 Å². The fraction of sp³-hybridized carbons (Fsp3) is 0.324. The van der Waals surface area contributed by atoms with E-state index in [-0.39, 0.29) is 187 Å². The number of aliphatic hydroxyl groups excluding tert-OH is 4. The van der Waals surface area contributed by atoms with Crippen molar-refractivity contribution in [1.82, 2.24) is 0 Å². The van der Waals surface area contributed by atoms with E-state index in [4.69, 9.17) is 80.5 Å². The Bertz CT molecular complexity index is 5410. The molecule has 0 spiro atoms. The molecule has 36 nitrogen and oxygen atoms in total. The number of rotatable bonds is 52. The third-order valence-electron chi connectivity index (χ3n) is 18.0. The van der Waals surface area contributed by atoms with Gasteiger partial charge in [-0.15, -0.1) is 0 Å². The van der Waals surface area contributed by atoms with Crippen molar-refractivity contribution in [3.63, 3.8) is 0 Å². The molecule has 0 aliphatic rings. The van der Waals surface area contributed by atoms with Crippen molar-refractivity contribution in [2.45, 2.75) is 106 Å². The summed E-state index contributed by atoms with van der Waals surface area (Å²) in [6.07, 6.45) is -3.84. The lowest BCUT2D eigenvalue weighted by atomic mass is 9.95. The Morgan fingerprint density at radius 1 is 0.232 bits per heavy atom. The number of esters is 15. The van der Waals surface area contributed by atoms with Gasteiger partial charge in [-0.2, -0.15) is 0 Å². The number of hydrogen-bond acceptors (Lipinski definition) is 36. The summed E-state index contributed by atoms with van der Waals surface area (Å²) < 4.78 is 87.0. The molecular formula is C102H114O36. The van der Waals surface area contributed by atoms with Crippen molar-refractivity contribution >= 4 is 89.5 Å². The third kappa shape index (κ3) is 40.3. The Morgan fingerprint density at radius 2 is 0.435 bits per heavy atom. The molecule has 0 fully saturated rings. The molecule has 0 heterocycles. The molecule has 36 heteroatoms. The largest absolute Gasteiger partial charge is 0.491 e. The fourth-order valence-corrected chi connectivity index (χ4v) is 10.6. The first-order valence-electron chi connectivity index (χ1n) is 42.5. The van der Waals surface area contributed by atoms with Crippen molar-refractivity contribution in [3.05, 3.63) is 275 Å². The van der Waals surface area contributed by atoms with Gasteiger partial charge in [-0.3, -0.25) is 0 Å². The predicted molar refractivity (Wildman–Crippen MR) is 498 cm³/mol. The van der Waals surface area contributed by atoms with E-state index in [9.17, 15) is 92.3 Å². The smallest absolute Gasteiger partial charge is 0.339 e. The molecule has 0 aliphatic heterocycles. The predicted octanol–water partition coefficient (Wildman–Crippen LogP) is 12.3. The van der Waals surface area contributed by atoms with E-state index < -0.39 is 140 Å². The molecule has 0 aliphatic carbocycles. The van der Waals surface area contributed by atoms with Gasteiger partial charge < -0.3 is 101 Å². The van der Waals surface area contributed by atoms with E-state index in [0.717, 1.165) is 16.7 Å². The zero-order valence-corrected chi connectivity index (χ0v) is 78.5. The molecule has 0 saturated heterocycles. The number of ether oxygens (including phenoxy) is 17. The second-order valence-electron chi connectivity index (χ2n) is 30.2. The monoisotopic (exact) mass is 1910 g/mol. The molecule has 0 bridgehead atoms. The van der Waals surface area contributed by atoms with Crippen LogP contribution in [0.25, 0.3) is 33.4 Å². The van der Waals surface area contributed by atoms with Crippen LogP contribution in [0.3, 0.4) is 0 Å². The van der Waals surface area contributed by atoms with Gasteiger partial charge in [0.25, 0.3) is 0 Å². The van der Waals surface area contributed by atoms with Gasteiger partial charge in [-0.25, -0.2) is 71.9 Å². The highest BCUT2D eigenvalue weighted by Crippen LogP contribution is 2.32. The Hall–Kier alpha value is -15.5. The molecule has 6 aromatic carbocycles. The van der Waals surface area contributed by atoms with Crippen LogP contribution in [0.1, 0.15) is 165 Å². The topological polar surface area (TPSA) is 494 Å². The summed E-state index contributed by atoms with van der Waals surface area (Å²) >= 11 is 0. The minimum absolute atomic E-state index is 0.0207. The minimum atomic E-state index is -1.43. The molecule has 0 aromatic heterocycles. The first-order chi connectivity index (χ1) is 65.3. The molecule has 738 valence electrons. The van der Waals surface area contributed by atoms with Crippen LogP contribution < -0.4 is 9.47 Å². The molecular weight excluding hydrogens is 1800 g/mol. The second-order valence-corrected chi connectivity index (χ2v) is 30.2. The third-order valence-corrected chi connectivity index (χ3v) is 18.0. The fourth-order valence-electron chi connectivity index (χ4n) is 10.6. The normalized spacial score (nSPS) is 11.2. The number of aliphatic hydroxyl groups is 4. The summed E-state index contributed by atoms with van der Waals surface area (Å²) in [4.78, 5) is 185. The van der Waals surface area contributed by atoms with Gasteiger partial charge in [-0.05, 0) is 188 Å². The van der Waals surface area contributed by atoms with Crippen molar-refractivity contribution in [1.29, 1.82) is 0 Å². The molecule has 6 aromatic rings. The van der Waals surface area contributed by atoms with Crippen LogP contribution in [0.5, 0.6) is 11.5 Å². The van der Waals surface area contributed by atoms with E-state index in [1.165, 1.54) is 121 Å². The lowest BCUT2D eigenvalue weighted by Gasteiger charge is -2.16. The van der Waals surface area contributed by atoms with E-state index in [1.54, 1.807) is 45.0 Å². The van der Waals surface area contributed by atoms with Crippen molar-refractivity contribution < 1.29 is 173 Å². The number of allylic oxidation sites excluding steroid dienone is 2. The Morgan fingerprint density at radius 3 is 0.696 bits per heavy atom. The number of carbonyl (C=O) groups is 15. The molecule has 138 heavy (non-hydrogen) atoms. The Kier molecular flexibility index (Phi) is 49.3. The summed E-state index contributed by atoms with van der Waals surface area (Å²) in [7, 11) is 0. The first-order valence-corrected chi connectivity index (χ1v) is 42.5. The Labute approximate surface area is 797 Å². The van der Waals surface area contributed by atoms with Crippen LogP contribution >= 0.6 is 0 Å². The molecule has 0 amide bonds. The van der Waals surface area contributed by atoms with E-state index in [2.05, 4.69) is 59.2 Å². The molecule has 4 unspecified atom stereocenters. The summed E-state index contributed by atoms with van der Waals surface area (Å²) in [5.74, 6) is -10.9. The number of hydrogen-bond donors (Lipinski definition) is 4. The maximum Gasteiger partial charge on any atom is 0.339 e. The van der Waals surface area contributed by atoms with Gasteiger partial charge in [0.15, 0.2) is 0 Å². The summed E-state index contributed by atoms with van der Waals surface area (Å²) in [6, 6.07) is 30.8. The lowest BCUT2D eigenvalue weighted by molar-refractivity contribution is -0.143. The van der Waals surface area contributed by atoms with Crippen molar-refractivity contribution in [2.75, 3.05) is 112 Å². The van der Waals surface area contributed by atoms with E-state index in [0.29, 0.717) is 34.6 Å². The highest BCUT2D eigenvalue weighted by molar-refractivity contribution is 6.08. The molecule has 4 atom stereocenters. The van der Waals surface area contributed by atoms with Crippen LogP contribution in [0, 0.1) is 0 Å². The highest BCUT2D eigenvalue weighted by Gasteiger charge is 2.29. The van der Waals surface area contributed by atoms with Crippen molar-refractivity contribution in [2.24, 2.45) is 0 Å². The summed E-state index contributed by atoms with van der Waals surface area (Å²) in [5.41, 5.74) is 4.14. The molecule has 4 N–H and O–H groups in total. The molecule has 0 saturated carbocycles. The van der Waals surface area contributed by atoms with Crippen LogP contribution in [-0.2, 0) is 105 Å². The number of carbonyl (C=O) groups excluding carboxylic acids is 15. The average Bonchev–Trinajstić information content (AvgIpc) is 0.794. The van der Waals surface area contributed by atoms with E-state index in [1.807, 2.05) is 24.3 Å². The second kappa shape index (κ2) is 59.3. The van der Waals surface area contributed by atoms with Crippen LogP contribution in [0.15, 0.2) is 231 Å². The number of benzene rings is 6. The maximum atomic E-state index is 13.5. The quantitative estimate of drug-likeness (QED) is 0.00906. The minimum Gasteiger partial charge on any atom is -0.491 e. The van der Waals surface area contributed by atoms with Crippen molar-refractivity contribution in [3.8, 4) is 44.9 Å². The summed E-state index contributed by atoms with van der Waals surface area (Å²) in [5, 5.41) is 40.4. The standard InChI is InChI=1S/C44H50O16.C32H34O12.C26H30O8/c1-25(2)29(9)10-13-32(45)22-59-44(53)37-21-31(11-14-34(37)41(50)56-18-16-54-38(47)26(3)4)30-12-15-35(42(51)60-24-33(46)23-58-40(49)28(7)8)36(20-30)43(52)57-19-17-55-39(48)27(5)6;1-7-39-29(35)23-11-9-22(18-26(23)32(38)44-16-14-42-28(34)20(5)6)21-10-12-24(25(17-21)31(37)40-8-2)30(36)43-15-13-41-27(33)19(3)4;1-17(2)25(29)33-15-21(27)13-31-23-9-5-19(6-10-23)20-7-11-24(12-8-20)32-14-22(28)16-34-26(30)18(3)4/h11-12,14-15,20-21,32-33,45-46H,1,3,5,7,9-10,13,16-19,22-24H2,2,4,6,8H3;9-12,17-18H,3,5,7-8,13-16H2,1-2,4,6H3;5-12,21-22,27-28H,1,3,13-16H2,2,4H3. The molecule has 0 radical (unpaired) electrons. The van der Waals surface area contributed by atoms with Gasteiger partial charge in [0.05, 0.1) is 63.8 Å². The maximum absolute atomic E-state index is 13.5. The highest BCUT2D eigenvalue weighted by atomic mass is 16.6.